The van der Waals surface area contributed by atoms with Crippen molar-refractivity contribution >= 4 is 23.2 Å². The summed E-state index contributed by atoms with van der Waals surface area (Å²) in [6.45, 7) is 0. The van der Waals surface area contributed by atoms with Gasteiger partial charge in [0.2, 0.25) is 0 Å². The van der Waals surface area contributed by atoms with E-state index in [4.69, 9.17) is 28.5 Å². The lowest BCUT2D eigenvalue weighted by Crippen LogP contribution is -1.76. The largest absolute Gasteiger partial charge is 0.192 e. The normalized spacial score (nSPS) is 8.90. The number of nitriles is 1. The summed E-state index contributed by atoms with van der Waals surface area (Å²) in [5, 5.41) is 9.07. The fraction of sp³-hybridized carbons (Fsp3) is 0. The Hall–Kier alpha value is -0.710. The molecule has 0 amide bonds. The molecule has 0 N–H and O–H groups in total. The van der Waals surface area contributed by atoms with Gasteiger partial charge in [-0.2, -0.15) is 5.26 Å². The van der Waals surface area contributed by atoms with Crippen LogP contribution in [0.25, 0.3) is 0 Å². The molecule has 1 aromatic carbocycles. The predicted molar refractivity (Wildman–Crippen MR) is 40.0 cm³/mol. The van der Waals surface area contributed by atoms with Gasteiger partial charge in [0.15, 0.2) is 0 Å². The lowest BCUT2D eigenvalue weighted by atomic mass is 10.2. The van der Waals surface area contributed by atoms with Gasteiger partial charge in [0.25, 0.3) is 0 Å². The Kier molecular flexibility index (Phi) is 2.16. The summed E-state index contributed by atoms with van der Waals surface area (Å²) in [6, 6.07) is 7.66. The van der Waals surface area contributed by atoms with Gasteiger partial charge >= 0.3 is 0 Å². The van der Waals surface area contributed by atoms with Crippen LogP contribution in [-0.4, -0.2) is 0 Å². The summed E-state index contributed by atoms with van der Waals surface area (Å²) in [6.07, 6.45) is 0. The molecule has 0 saturated heterocycles. The van der Waals surface area contributed by atoms with Crippen molar-refractivity contribution in [3.8, 4) is 6.07 Å². The zero-order valence-corrected chi connectivity index (χ0v) is 6.37. The summed E-state index contributed by atoms with van der Waals surface area (Å²) in [7, 11) is 0. The monoisotopic (exact) mass is 170 g/mol. The smallest absolute Gasteiger partial charge is 0.101 e. The van der Waals surface area contributed by atoms with E-state index in [9.17, 15) is 0 Å². The molecule has 0 bridgehead atoms. The molecule has 0 aliphatic heterocycles. The number of nitrogens with zero attached hydrogens (tertiary/aromatic N) is 1. The molecule has 1 rings (SSSR count). The molecule has 1 aromatic rings. The van der Waals surface area contributed by atoms with Gasteiger partial charge in [-0.3, -0.25) is 0 Å². The van der Waals surface area contributed by atoms with E-state index in [0.29, 0.717) is 5.02 Å². The van der Waals surface area contributed by atoms with Gasteiger partial charge in [0.05, 0.1) is 15.6 Å². The highest BCUT2D eigenvalue weighted by molar-refractivity contribution is 6.42. The van der Waals surface area contributed by atoms with Gasteiger partial charge in [-0.25, -0.2) is 0 Å². The van der Waals surface area contributed by atoms with E-state index in [1.807, 2.05) is 6.07 Å². The maximum atomic E-state index is 8.42. The van der Waals surface area contributed by atoms with Crippen LogP contribution in [-0.2, 0) is 0 Å². The molecule has 0 spiro atoms. The molecule has 0 heterocycles. The summed E-state index contributed by atoms with van der Waals surface area (Å²) < 4.78 is 0. The first kappa shape index (κ1) is 7.40. The minimum Gasteiger partial charge on any atom is -0.192 e. The SMILES string of the molecule is N#Cc1[c]ccc(Cl)c1Cl. The van der Waals surface area contributed by atoms with Gasteiger partial charge < -0.3 is 0 Å². The Balaban J connectivity index is 3.31. The van der Waals surface area contributed by atoms with Crippen molar-refractivity contribution in [2.75, 3.05) is 0 Å². The van der Waals surface area contributed by atoms with Crippen molar-refractivity contribution in [3.05, 3.63) is 33.8 Å². The van der Waals surface area contributed by atoms with Crippen molar-refractivity contribution in [2.45, 2.75) is 0 Å². The van der Waals surface area contributed by atoms with Crippen molar-refractivity contribution in [1.82, 2.24) is 0 Å². The van der Waals surface area contributed by atoms with Crippen molar-refractivity contribution < 1.29 is 0 Å². The number of hydrogen-bond acceptors (Lipinski definition) is 1. The third kappa shape index (κ3) is 1.23. The first-order valence-corrected chi connectivity index (χ1v) is 3.27. The molecule has 0 saturated carbocycles. The molecule has 0 atom stereocenters. The lowest BCUT2D eigenvalue weighted by Gasteiger charge is -1.93. The average Bonchev–Trinajstić information content (AvgIpc) is 1.95. The van der Waals surface area contributed by atoms with Crippen molar-refractivity contribution in [1.29, 1.82) is 5.26 Å². The lowest BCUT2D eigenvalue weighted by molar-refractivity contribution is 1.48. The molecule has 1 nitrogen and oxygen atoms in total. The number of rotatable bonds is 0. The minimum absolute atomic E-state index is 0.270. The van der Waals surface area contributed by atoms with E-state index < -0.39 is 0 Å². The predicted octanol–water partition coefficient (Wildman–Crippen LogP) is 2.67. The zero-order chi connectivity index (χ0) is 7.56. The molecule has 0 aromatic heterocycles. The van der Waals surface area contributed by atoms with Crippen LogP contribution in [0.5, 0.6) is 0 Å². The fourth-order valence-corrected chi connectivity index (χ4v) is 0.853. The quantitative estimate of drug-likeness (QED) is 0.588. The first-order chi connectivity index (χ1) is 4.75. The second-order valence-corrected chi connectivity index (χ2v) is 2.41. The van der Waals surface area contributed by atoms with E-state index in [2.05, 4.69) is 6.07 Å². The van der Waals surface area contributed by atoms with Gasteiger partial charge in [-0.05, 0) is 6.07 Å². The van der Waals surface area contributed by atoms with Crippen LogP contribution in [0.2, 0.25) is 10.0 Å². The molecule has 3 heteroatoms. The Morgan fingerprint density at radius 3 is 2.70 bits per heavy atom. The first-order valence-electron chi connectivity index (χ1n) is 2.51. The Bertz CT molecular complexity index is 288. The van der Waals surface area contributed by atoms with Crippen molar-refractivity contribution in [2.24, 2.45) is 0 Å². The van der Waals surface area contributed by atoms with Crippen LogP contribution in [0.4, 0.5) is 0 Å². The standard InChI is InChI=1S/C7H2Cl2N/c8-6-3-1-2-5(4-10)7(6)9/h1,3H. The van der Waals surface area contributed by atoms with E-state index >= 15 is 0 Å². The van der Waals surface area contributed by atoms with Crippen LogP contribution in [0.1, 0.15) is 5.56 Å². The highest BCUT2D eigenvalue weighted by Gasteiger charge is 2.01. The highest BCUT2D eigenvalue weighted by Crippen LogP contribution is 2.23. The van der Waals surface area contributed by atoms with E-state index in [0.717, 1.165) is 0 Å². The van der Waals surface area contributed by atoms with Gasteiger partial charge in [0.1, 0.15) is 6.07 Å². The molecule has 0 unspecified atom stereocenters. The van der Waals surface area contributed by atoms with Gasteiger partial charge in [0, 0.05) is 6.07 Å². The van der Waals surface area contributed by atoms with Crippen molar-refractivity contribution in [3.63, 3.8) is 0 Å². The van der Waals surface area contributed by atoms with Gasteiger partial charge in [-0.1, -0.05) is 29.3 Å². The Morgan fingerprint density at radius 1 is 1.50 bits per heavy atom. The molecular weight excluding hydrogens is 169 g/mol. The topological polar surface area (TPSA) is 23.8 Å². The van der Waals surface area contributed by atoms with Crippen LogP contribution in [0.15, 0.2) is 12.1 Å². The van der Waals surface area contributed by atoms with Crippen LogP contribution < -0.4 is 0 Å². The molecule has 0 aliphatic carbocycles. The second-order valence-electron chi connectivity index (χ2n) is 1.63. The maximum absolute atomic E-state index is 8.42. The Labute approximate surface area is 68.8 Å². The summed E-state index contributed by atoms with van der Waals surface area (Å²) in [4.78, 5) is 0. The fourth-order valence-electron chi connectivity index (χ4n) is 0.535. The molecule has 1 radical (unpaired) electrons. The summed E-state index contributed by atoms with van der Waals surface area (Å²) in [5.74, 6) is 0. The van der Waals surface area contributed by atoms with E-state index in [-0.39, 0.29) is 10.6 Å². The minimum atomic E-state index is 0.270. The number of benzene rings is 1. The zero-order valence-electron chi connectivity index (χ0n) is 4.86. The van der Waals surface area contributed by atoms with Crippen LogP contribution >= 0.6 is 23.2 Å². The maximum Gasteiger partial charge on any atom is 0.101 e. The second kappa shape index (κ2) is 2.92. The van der Waals surface area contributed by atoms with Gasteiger partial charge in [-0.15, -0.1) is 0 Å². The molecule has 0 fully saturated rings. The highest BCUT2D eigenvalue weighted by atomic mass is 35.5. The third-order valence-corrected chi connectivity index (χ3v) is 1.80. The molecule has 49 valence electrons. The Morgan fingerprint density at radius 2 is 2.20 bits per heavy atom. The van der Waals surface area contributed by atoms with Crippen LogP contribution in [0, 0.1) is 17.4 Å². The average molecular weight is 171 g/mol. The molecule has 0 aliphatic rings. The van der Waals surface area contributed by atoms with E-state index in [1.54, 1.807) is 12.1 Å². The van der Waals surface area contributed by atoms with E-state index in [1.165, 1.54) is 0 Å². The number of hydrogen-bond donors (Lipinski definition) is 0. The molecular formula is C7H2Cl2N. The third-order valence-electron chi connectivity index (χ3n) is 0.998. The number of halogens is 2. The summed E-state index contributed by atoms with van der Waals surface area (Å²) >= 11 is 11.2. The molecule has 10 heavy (non-hydrogen) atoms. The van der Waals surface area contributed by atoms with Crippen LogP contribution in [0.3, 0.4) is 0 Å². The summed E-state index contributed by atoms with van der Waals surface area (Å²) in [5.41, 5.74) is 0.286.